The van der Waals surface area contributed by atoms with Gasteiger partial charge >= 0.3 is 0 Å². The maximum atomic E-state index is 5.43. The van der Waals surface area contributed by atoms with Gasteiger partial charge in [0.25, 0.3) is 0 Å². The van der Waals surface area contributed by atoms with E-state index in [-0.39, 0.29) is 5.41 Å². The first-order valence-corrected chi connectivity index (χ1v) is 27.3. The highest BCUT2D eigenvalue weighted by molar-refractivity contribution is 6.25. The Hall–Kier alpha value is -8.53. The highest BCUT2D eigenvalue weighted by Gasteiger charge is 2.64. The zero-order chi connectivity index (χ0) is 49.0. The summed E-state index contributed by atoms with van der Waals surface area (Å²) < 4.78 is 0. The van der Waals surface area contributed by atoms with E-state index in [2.05, 4.69) is 218 Å². The van der Waals surface area contributed by atoms with Gasteiger partial charge in [0, 0.05) is 22.1 Å². The largest absolute Gasteiger partial charge is 0.208 e. The molecule has 4 fully saturated rings. The van der Waals surface area contributed by atoms with Crippen LogP contribution in [-0.4, -0.2) is 15.0 Å². The zero-order valence-electron chi connectivity index (χ0n) is 41.5. The van der Waals surface area contributed by atoms with Crippen LogP contribution in [0.3, 0.4) is 0 Å². The molecule has 6 aliphatic carbocycles. The highest BCUT2D eigenvalue weighted by Crippen LogP contribution is 2.71. The van der Waals surface area contributed by atoms with Gasteiger partial charge in [0.2, 0.25) is 0 Å². The molecule has 2 spiro atoms. The molecule has 354 valence electrons. The van der Waals surface area contributed by atoms with Crippen LogP contribution in [0.25, 0.3) is 99.5 Å². The molecule has 0 saturated heterocycles. The average Bonchev–Trinajstić information content (AvgIpc) is 4.05. The lowest BCUT2D eigenvalue weighted by atomic mass is 9.38. The molecular weight excluding hydrogens is 907 g/mol. The van der Waals surface area contributed by atoms with Crippen LogP contribution in [0, 0.1) is 23.7 Å². The van der Waals surface area contributed by atoms with E-state index in [1.54, 1.807) is 11.1 Å². The summed E-state index contributed by atoms with van der Waals surface area (Å²) in [5.74, 6) is 4.98. The van der Waals surface area contributed by atoms with E-state index in [0.717, 1.165) is 33.9 Å². The van der Waals surface area contributed by atoms with E-state index in [9.17, 15) is 0 Å². The lowest BCUT2D eigenvalue weighted by Crippen LogP contribution is -2.59. The van der Waals surface area contributed by atoms with Gasteiger partial charge in [-0.3, -0.25) is 0 Å². The molecule has 1 heterocycles. The van der Waals surface area contributed by atoms with E-state index in [4.69, 9.17) is 15.0 Å². The molecule has 3 nitrogen and oxygen atoms in total. The van der Waals surface area contributed by atoms with Crippen LogP contribution in [0.1, 0.15) is 65.5 Å². The first kappa shape index (κ1) is 41.9. The van der Waals surface area contributed by atoms with Gasteiger partial charge in [-0.1, -0.05) is 206 Å². The Bertz CT molecular complexity index is 4290. The van der Waals surface area contributed by atoms with Crippen molar-refractivity contribution in [3.05, 3.63) is 258 Å². The Labute approximate surface area is 436 Å². The van der Waals surface area contributed by atoms with Crippen LogP contribution in [0.2, 0.25) is 0 Å². The molecule has 0 N–H and O–H groups in total. The summed E-state index contributed by atoms with van der Waals surface area (Å²) in [6, 6.07) is 84.3. The van der Waals surface area contributed by atoms with E-state index in [1.165, 1.54) is 114 Å². The lowest BCUT2D eigenvalue weighted by molar-refractivity contribution is -0.0440. The minimum Gasteiger partial charge on any atom is -0.208 e. The smallest absolute Gasteiger partial charge is 0.164 e. The van der Waals surface area contributed by atoms with Gasteiger partial charge in [-0.15, -0.1) is 0 Å². The summed E-state index contributed by atoms with van der Waals surface area (Å²) >= 11 is 0. The van der Waals surface area contributed by atoms with Gasteiger partial charge in [0.1, 0.15) is 0 Å². The molecule has 0 radical (unpaired) electrons. The molecule has 0 atom stereocenters. The lowest BCUT2D eigenvalue weighted by Gasteiger charge is -2.65. The summed E-state index contributed by atoms with van der Waals surface area (Å²) in [6.07, 6.45) is 6.80. The van der Waals surface area contributed by atoms with E-state index in [0.29, 0.717) is 29.3 Å². The zero-order valence-corrected chi connectivity index (χ0v) is 41.5. The Morgan fingerprint density at radius 2 is 0.720 bits per heavy atom. The number of hydrogen-bond donors (Lipinski definition) is 0. The molecule has 11 aromatic carbocycles. The molecule has 12 aromatic rings. The Kier molecular flexibility index (Phi) is 8.66. The first-order chi connectivity index (χ1) is 37.1. The fourth-order valence-corrected chi connectivity index (χ4v) is 16.6. The fraction of sp³-hybridized carbons (Fsp3) is 0.153. The number of fused-ring (bicyclic) bond motifs is 16. The van der Waals surface area contributed by atoms with Gasteiger partial charge in [-0.25, -0.2) is 15.0 Å². The molecule has 1 aromatic heterocycles. The predicted octanol–water partition coefficient (Wildman–Crippen LogP) is 17.6. The molecule has 0 unspecified atom stereocenters. The first-order valence-electron chi connectivity index (χ1n) is 27.3. The third kappa shape index (κ3) is 5.63. The second-order valence-corrected chi connectivity index (χ2v) is 22.6. The van der Waals surface area contributed by atoms with Crippen molar-refractivity contribution in [2.75, 3.05) is 0 Å². The minimum absolute atomic E-state index is 0.0136. The monoisotopic (exact) mass is 957 g/mol. The Morgan fingerprint density at radius 3 is 1.36 bits per heavy atom. The van der Waals surface area contributed by atoms with Crippen molar-refractivity contribution in [3.63, 3.8) is 0 Å². The van der Waals surface area contributed by atoms with Crippen molar-refractivity contribution >= 4 is 43.1 Å². The van der Waals surface area contributed by atoms with Crippen molar-refractivity contribution in [1.82, 2.24) is 15.0 Å². The van der Waals surface area contributed by atoms with Crippen LogP contribution in [0.15, 0.2) is 224 Å². The van der Waals surface area contributed by atoms with Crippen LogP contribution >= 0.6 is 0 Å². The van der Waals surface area contributed by atoms with Crippen molar-refractivity contribution in [3.8, 4) is 56.4 Å². The van der Waals surface area contributed by atoms with Crippen LogP contribution in [0.5, 0.6) is 0 Å². The van der Waals surface area contributed by atoms with Crippen molar-refractivity contribution < 1.29 is 0 Å². The van der Waals surface area contributed by atoms with Crippen LogP contribution in [-0.2, 0) is 10.8 Å². The van der Waals surface area contributed by atoms with E-state index >= 15 is 0 Å². The SMILES string of the molecule is c1ccc(-c2nc(-c3ccc4c5ccccc5c5ccccc5c4c3)nc(-c3ccc(-c4ccc5c(c4)C4(c6ccccc6-c6ccccc64)c4ccccc4C54C5CC6CC(C5)CC4C6)c4ccccc34)n2)cc1. The molecule has 18 rings (SSSR count). The number of nitrogens with zero attached hydrogens (tertiary/aromatic N) is 3. The van der Waals surface area contributed by atoms with Gasteiger partial charge in [0.15, 0.2) is 17.5 Å². The van der Waals surface area contributed by atoms with Gasteiger partial charge in [-0.2, -0.15) is 0 Å². The van der Waals surface area contributed by atoms with Crippen LogP contribution in [0.4, 0.5) is 0 Å². The summed E-state index contributed by atoms with van der Waals surface area (Å²) in [6.45, 7) is 0. The molecule has 0 aliphatic heterocycles. The van der Waals surface area contributed by atoms with Gasteiger partial charge in [0.05, 0.1) is 5.41 Å². The second-order valence-electron chi connectivity index (χ2n) is 22.6. The number of rotatable bonds is 4. The van der Waals surface area contributed by atoms with Crippen molar-refractivity contribution in [1.29, 1.82) is 0 Å². The summed E-state index contributed by atoms with van der Waals surface area (Å²) in [4.78, 5) is 16.0. The second kappa shape index (κ2) is 15.5. The maximum Gasteiger partial charge on any atom is 0.164 e. The Morgan fingerprint density at radius 1 is 0.267 bits per heavy atom. The number of aromatic nitrogens is 3. The molecule has 4 saturated carbocycles. The summed E-state index contributed by atoms with van der Waals surface area (Å²) in [7, 11) is 0. The minimum atomic E-state index is -0.456. The molecule has 3 heteroatoms. The highest BCUT2D eigenvalue weighted by atomic mass is 15.0. The summed E-state index contributed by atoms with van der Waals surface area (Å²) in [5, 5.41) is 9.69. The van der Waals surface area contributed by atoms with Crippen molar-refractivity contribution in [2.45, 2.75) is 42.9 Å². The third-order valence-electron chi connectivity index (χ3n) is 19.2. The van der Waals surface area contributed by atoms with E-state index in [1.807, 2.05) is 6.07 Å². The summed E-state index contributed by atoms with van der Waals surface area (Å²) in [5.41, 5.74) is 16.6. The fourth-order valence-electron chi connectivity index (χ4n) is 16.6. The standard InChI is InChI=1S/C72H51N3/c1-2-16-45(17-3-1)68-73-69(47-30-32-57-54-21-6-5-19-52(54)53-20-7-9-23-56(53)61(57)41-47)75-70(74-68)60-34-33-50(51-18-4-8-22-55(51)60)46-31-35-66-67(42-46)72(62-26-12-10-24-58(62)59-25-11-13-27-63(59)72)65-29-15-14-28-64(65)71(66)48-37-43-36-44(39-48)40-49(71)38-43/h1-35,41-44,48-49H,36-40H2. The normalized spacial score (nSPS) is 21.2. The number of benzene rings is 11. The number of hydrogen-bond acceptors (Lipinski definition) is 3. The quantitative estimate of drug-likeness (QED) is 0.165. The van der Waals surface area contributed by atoms with Gasteiger partial charge < -0.3 is 0 Å². The average molecular weight is 958 g/mol. The van der Waals surface area contributed by atoms with Crippen molar-refractivity contribution in [2.24, 2.45) is 23.7 Å². The third-order valence-corrected chi connectivity index (χ3v) is 19.2. The predicted molar refractivity (Wildman–Crippen MR) is 307 cm³/mol. The van der Waals surface area contributed by atoms with Gasteiger partial charge in [-0.05, 0) is 173 Å². The Balaban J connectivity index is 0.881. The molecular formula is C72H51N3. The topological polar surface area (TPSA) is 38.7 Å². The maximum absolute atomic E-state index is 5.43. The molecule has 4 bridgehead atoms. The molecule has 75 heavy (non-hydrogen) atoms. The molecule has 0 amide bonds. The van der Waals surface area contributed by atoms with E-state index < -0.39 is 5.41 Å². The molecule has 6 aliphatic rings. The van der Waals surface area contributed by atoms with Crippen LogP contribution < -0.4 is 0 Å².